The SMILES string of the molecule is Cc1[nH]nc(CCC(=O)N2C[C@@H](C(=O)O)[C@H](c3ccncc3)C2)c1C. The molecule has 0 unspecified atom stereocenters. The van der Waals surface area contributed by atoms with Gasteiger partial charge in [0.05, 0.1) is 11.6 Å². The Labute approximate surface area is 146 Å². The van der Waals surface area contributed by atoms with Crippen molar-refractivity contribution in [2.24, 2.45) is 5.92 Å². The van der Waals surface area contributed by atoms with Crippen LogP contribution in [0.1, 0.15) is 34.9 Å². The average molecular weight is 342 g/mol. The van der Waals surface area contributed by atoms with Crippen LogP contribution in [0.15, 0.2) is 24.5 Å². The molecule has 1 aliphatic heterocycles. The molecular weight excluding hydrogens is 320 g/mol. The number of pyridine rings is 1. The van der Waals surface area contributed by atoms with Crippen LogP contribution in [0.25, 0.3) is 0 Å². The highest BCUT2D eigenvalue weighted by Crippen LogP contribution is 2.33. The molecule has 0 saturated carbocycles. The summed E-state index contributed by atoms with van der Waals surface area (Å²) in [5.74, 6) is -1.67. The van der Waals surface area contributed by atoms with E-state index in [1.807, 2.05) is 26.0 Å². The molecular formula is C18H22N4O3. The third kappa shape index (κ3) is 3.55. The molecule has 1 amide bonds. The maximum Gasteiger partial charge on any atom is 0.308 e. The maximum atomic E-state index is 12.6. The summed E-state index contributed by atoms with van der Waals surface area (Å²) in [6.45, 7) is 4.61. The summed E-state index contributed by atoms with van der Waals surface area (Å²) in [6.07, 6.45) is 4.20. The molecule has 0 radical (unpaired) electrons. The molecule has 3 heterocycles. The average Bonchev–Trinajstić information content (AvgIpc) is 3.19. The number of hydrogen-bond donors (Lipinski definition) is 2. The molecule has 1 fully saturated rings. The predicted octanol–water partition coefficient (Wildman–Crippen LogP) is 1.68. The number of nitrogens with zero attached hydrogens (tertiary/aromatic N) is 3. The Kier molecular flexibility index (Phi) is 4.83. The predicted molar refractivity (Wildman–Crippen MR) is 91.1 cm³/mol. The molecule has 0 aliphatic carbocycles. The van der Waals surface area contributed by atoms with Crippen LogP contribution < -0.4 is 0 Å². The Bertz CT molecular complexity index is 772. The van der Waals surface area contributed by atoms with Crippen LogP contribution in [-0.2, 0) is 16.0 Å². The van der Waals surface area contributed by atoms with Gasteiger partial charge in [0, 0.05) is 49.9 Å². The van der Waals surface area contributed by atoms with Gasteiger partial charge in [0.1, 0.15) is 0 Å². The Morgan fingerprint density at radius 3 is 2.60 bits per heavy atom. The van der Waals surface area contributed by atoms with Crippen LogP contribution in [-0.4, -0.2) is 50.2 Å². The zero-order valence-electron chi connectivity index (χ0n) is 14.4. The van der Waals surface area contributed by atoms with Crippen molar-refractivity contribution in [3.8, 4) is 0 Å². The van der Waals surface area contributed by atoms with Gasteiger partial charge in [-0.25, -0.2) is 0 Å². The van der Waals surface area contributed by atoms with Gasteiger partial charge in [-0.2, -0.15) is 5.10 Å². The first-order valence-corrected chi connectivity index (χ1v) is 8.38. The van der Waals surface area contributed by atoms with E-state index in [9.17, 15) is 14.7 Å². The molecule has 7 nitrogen and oxygen atoms in total. The van der Waals surface area contributed by atoms with Gasteiger partial charge in [-0.05, 0) is 37.1 Å². The topological polar surface area (TPSA) is 99.2 Å². The summed E-state index contributed by atoms with van der Waals surface area (Å²) in [5.41, 5.74) is 3.89. The van der Waals surface area contributed by atoms with Gasteiger partial charge in [-0.1, -0.05) is 0 Å². The monoisotopic (exact) mass is 342 g/mol. The molecule has 0 bridgehead atoms. The first-order valence-electron chi connectivity index (χ1n) is 8.38. The van der Waals surface area contributed by atoms with Crippen LogP contribution in [0.5, 0.6) is 0 Å². The summed E-state index contributed by atoms with van der Waals surface area (Å²) < 4.78 is 0. The molecule has 2 N–H and O–H groups in total. The molecule has 132 valence electrons. The molecule has 0 spiro atoms. The second kappa shape index (κ2) is 7.04. The number of carbonyl (C=O) groups is 2. The maximum absolute atomic E-state index is 12.6. The zero-order valence-corrected chi connectivity index (χ0v) is 14.4. The first kappa shape index (κ1) is 17.1. The van der Waals surface area contributed by atoms with Crippen molar-refractivity contribution in [1.82, 2.24) is 20.1 Å². The number of aliphatic carboxylic acids is 1. The molecule has 2 aromatic heterocycles. The number of carboxylic acid groups (broad SMARTS) is 1. The van der Waals surface area contributed by atoms with Crippen molar-refractivity contribution in [2.45, 2.75) is 32.6 Å². The molecule has 3 rings (SSSR count). The fraction of sp³-hybridized carbons (Fsp3) is 0.444. The van der Waals surface area contributed by atoms with Gasteiger partial charge in [0.25, 0.3) is 0 Å². The molecule has 7 heteroatoms. The Morgan fingerprint density at radius 1 is 1.28 bits per heavy atom. The summed E-state index contributed by atoms with van der Waals surface area (Å²) >= 11 is 0. The van der Waals surface area contributed by atoms with E-state index in [1.165, 1.54) is 0 Å². The van der Waals surface area contributed by atoms with E-state index < -0.39 is 11.9 Å². The van der Waals surface area contributed by atoms with Gasteiger partial charge in [-0.15, -0.1) is 0 Å². The van der Waals surface area contributed by atoms with E-state index in [0.29, 0.717) is 19.4 Å². The standard InChI is InChI=1S/C18H22N4O3/c1-11-12(2)20-21-16(11)3-4-17(23)22-9-14(15(10-22)18(24)25)13-5-7-19-8-6-13/h5-8,14-15H,3-4,9-10H2,1-2H3,(H,20,21)(H,24,25)/t14-,15+/m0/s1. The second-order valence-corrected chi connectivity index (χ2v) is 6.55. The highest BCUT2D eigenvalue weighted by atomic mass is 16.4. The van der Waals surface area contributed by atoms with Gasteiger partial charge in [-0.3, -0.25) is 19.7 Å². The first-order chi connectivity index (χ1) is 12.0. The molecule has 1 saturated heterocycles. The molecule has 2 atom stereocenters. The highest BCUT2D eigenvalue weighted by molar-refractivity contribution is 5.79. The summed E-state index contributed by atoms with van der Waals surface area (Å²) in [4.78, 5) is 29.8. The smallest absolute Gasteiger partial charge is 0.308 e. The lowest BCUT2D eigenvalue weighted by Crippen LogP contribution is -2.30. The number of aryl methyl sites for hydroxylation is 2. The fourth-order valence-corrected chi connectivity index (χ4v) is 3.37. The van der Waals surface area contributed by atoms with E-state index in [1.54, 1.807) is 17.3 Å². The van der Waals surface area contributed by atoms with E-state index in [-0.39, 0.29) is 18.4 Å². The number of aromatic amines is 1. The van der Waals surface area contributed by atoms with Gasteiger partial charge >= 0.3 is 5.97 Å². The Morgan fingerprint density at radius 2 is 2.00 bits per heavy atom. The van der Waals surface area contributed by atoms with E-state index >= 15 is 0 Å². The van der Waals surface area contributed by atoms with Crippen molar-refractivity contribution >= 4 is 11.9 Å². The third-order valence-corrected chi connectivity index (χ3v) is 5.05. The van der Waals surface area contributed by atoms with Crippen molar-refractivity contribution in [2.75, 3.05) is 13.1 Å². The quantitative estimate of drug-likeness (QED) is 0.861. The number of H-pyrrole nitrogens is 1. The van der Waals surface area contributed by atoms with Crippen molar-refractivity contribution in [1.29, 1.82) is 0 Å². The van der Waals surface area contributed by atoms with E-state index in [2.05, 4.69) is 15.2 Å². The van der Waals surface area contributed by atoms with Crippen LogP contribution in [0.2, 0.25) is 0 Å². The molecule has 0 aromatic carbocycles. The van der Waals surface area contributed by atoms with Crippen molar-refractivity contribution < 1.29 is 14.7 Å². The lowest BCUT2D eigenvalue weighted by atomic mass is 9.90. The number of carboxylic acids is 1. The minimum Gasteiger partial charge on any atom is -0.481 e. The van der Waals surface area contributed by atoms with Crippen molar-refractivity contribution in [3.05, 3.63) is 47.0 Å². The lowest BCUT2D eigenvalue weighted by Gasteiger charge is -2.16. The van der Waals surface area contributed by atoms with Crippen LogP contribution >= 0.6 is 0 Å². The number of aromatic nitrogens is 3. The summed E-state index contributed by atoms with van der Waals surface area (Å²) in [7, 11) is 0. The Hall–Kier alpha value is -2.70. The largest absolute Gasteiger partial charge is 0.481 e. The number of nitrogens with one attached hydrogen (secondary N) is 1. The van der Waals surface area contributed by atoms with Gasteiger partial charge in [0.15, 0.2) is 0 Å². The van der Waals surface area contributed by atoms with Gasteiger partial charge < -0.3 is 10.0 Å². The van der Waals surface area contributed by atoms with Crippen LogP contribution in [0, 0.1) is 19.8 Å². The summed E-state index contributed by atoms with van der Waals surface area (Å²) in [5, 5.41) is 16.7. The molecule has 2 aromatic rings. The Balaban J connectivity index is 1.67. The van der Waals surface area contributed by atoms with Crippen LogP contribution in [0.4, 0.5) is 0 Å². The normalized spacial score (nSPS) is 20.0. The lowest BCUT2D eigenvalue weighted by molar-refractivity contribution is -0.141. The summed E-state index contributed by atoms with van der Waals surface area (Å²) in [6, 6.07) is 3.65. The third-order valence-electron chi connectivity index (χ3n) is 5.05. The second-order valence-electron chi connectivity index (χ2n) is 6.55. The van der Waals surface area contributed by atoms with Crippen LogP contribution in [0.3, 0.4) is 0 Å². The minimum absolute atomic E-state index is 0.0251. The van der Waals surface area contributed by atoms with Gasteiger partial charge in [0.2, 0.25) is 5.91 Å². The number of carbonyl (C=O) groups excluding carboxylic acids is 1. The number of hydrogen-bond acceptors (Lipinski definition) is 4. The zero-order chi connectivity index (χ0) is 18.0. The van der Waals surface area contributed by atoms with E-state index in [0.717, 1.165) is 22.5 Å². The number of likely N-dealkylation sites (tertiary alicyclic amines) is 1. The van der Waals surface area contributed by atoms with E-state index in [4.69, 9.17) is 0 Å². The number of rotatable bonds is 5. The highest BCUT2D eigenvalue weighted by Gasteiger charge is 2.40. The van der Waals surface area contributed by atoms with Crippen molar-refractivity contribution in [3.63, 3.8) is 0 Å². The molecule has 25 heavy (non-hydrogen) atoms. The fourth-order valence-electron chi connectivity index (χ4n) is 3.37. The number of amides is 1. The molecule has 1 aliphatic rings. The minimum atomic E-state index is -0.865.